The molecule has 1 aromatic carbocycles. The van der Waals surface area contributed by atoms with Crippen molar-refractivity contribution in [3.8, 4) is 6.07 Å². The van der Waals surface area contributed by atoms with Crippen molar-refractivity contribution in [2.24, 2.45) is 0 Å². The standard InChI is InChI=1S/C24H31Cl2N3O6S2Si/c1-16(35-38(5,6)23(2,3)4)24(30)15-29(37(33,34)20-9-7-17(12-27)11-19(20)26)14-21(24)36(31,32)22-10-8-18(25)13-28-22/h7-11,13,16,21,30H,14-15H2,1-6H3/t16-,21-,24+/m1/s1. The summed E-state index contributed by atoms with van der Waals surface area (Å²) in [7, 11) is -11.3. The lowest BCUT2D eigenvalue weighted by Crippen LogP contribution is -2.58. The van der Waals surface area contributed by atoms with Gasteiger partial charge in [-0.05, 0) is 55.4 Å². The fourth-order valence-electron chi connectivity index (χ4n) is 4.05. The summed E-state index contributed by atoms with van der Waals surface area (Å²) >= 11 is 12.1. The molecule has 3 rings (SSSR count). The number of sulfonamides is 1. The second-order valence-electron chi connectivity index (χ2n) is 10.9. The Morgan fingerprint density at radius 3 is 2.34 bits per heavy atom. The zero-order valence-electron chi connectivity index (χ0n) is 21.9. The third kappa shape index (κ3) is 5.67. The van der Waals surface area contributed by atoms with Gasteiger partial charge < -0.3 is 9.53 Å². The fraction of sp³-hybridized carbons (Fsp3) is 0.500. The lowest BCUT2D eigenvalue weighted by Gasteiger charge is -2.43. The second kappa shape index (κ2) is 10.4. The van der Waals surface area contributed by atoms with E-state index in [1.54, 1.807) is 6.92 Å². The molecule has 2 heterocycles. The van der Waals surface area contributed by atoms with Gasteiger partial charge in [0.15, 0.2) is 13.3 Å². The number of sulfone groups is 1. The average molecular weight is 621 g/mol. The van der Waals surface area contributed by atoms with Gasteiger partial charge in [0.1, 0.15) is 15.7 Å². The zero-order valence-corrected chi connectivity index (χ0v) is 26.1. The van der Waals surface area contributed by atoms with E-state index in [1.807, 2.05) is 39.9 Å². The highest BCUT2D eigenvalue weighted by atomic mass is 35.5. The van der Waals surface area contributed by atoms with E-state index in [0.717, 1.165) is 4.31 Å². The molecule has 0 aliphatic carbocycles. The molecule has 3 atom stereocenters. The molecule has 1 aliphatic heterocycles. The number of aliphatic hydroxyl groups is 1. The van der Waals surface area contributed by atoms with Crippen LogP contribution in [0.2, 0.25) is 28.2 Å². The van der Waals surface area contributed by atoms with Crippen LogP contribution in [0.4, 0.5) is 0 Å². The van der Waals surface area contributed by atoms with Crippen molar-refractivity contribution < 1.29 is 26.4 Å². The second-order valence-corrected chi connectivity index (χ2v) is 20.5. The molecule has 0 spiro atoms. The van der Waals surface area contributed by atoms with Gasteiger partial charge in [-0.2, -0.15) is 9.57 Å². The molecule has 0 radical (unpaired) electrons. The number of hydrogen-bond acceptors (Lipinski definition) is 8. The Hall–Kier alpha value is -1.56. The summed E-state index contributed by atoms with van der Waals surface area (Å²) in [5, 5.41) is 18.9. The van der Waals surface area contributed by atoms with Crippen LogP contribution in [0.3, 0.4) is 0 Å². The maximum Gasteiger partial charge on any atom is 0.244 e. The third-order valence-corrected chi connectivity index (χ3v) is 16.6. The number of pyridine rings is 1. The molecule has 0 saturated carbocycles. The Bertz CT molecular complexity index is 1470. The van der Waals surface area contributed by atoms with Gasteiger partial charge >= 0.3 is 0 Å². The van der Waals surface area contributed by atoms with Crippen LogP contribution in [0.15, 0.2) is 46.5 Å². The van der Waals surface area contributed by atoms with Gasteiger partial charge in [0.05, 0.1) is 27.8 Å². The van der Waals surface area contributed by atoms with Gasteiger partial charge in [0.2, 0.25) is 19.9 Å². The highest BCUT2D eigenvalue weighted by molar-refractivity contribution is 7.92. The summed E-state index contributed by atoms with van der Waals surface area (Å²) in [6.07, 6.45) is 0.121. The van der Waals surface area contributed by atoms with E-state index in [4.69, 9.17) is 32.9 Å². The van der Waals surface area contributed by atoms with Gasteiger partial charge in [0, 0.05) is 19.3 Å². The Kier molecular flexibility index (Phi) is 8.51. The maximum absolute atomic E-state index is 13.8. The van der Waals surface area contributed by atoms with Crippen molar-refractivity contribution >= 4 is 51.4 Å². The largest absolute Gasteiger partial charge is 0.411 e. The maximum atomic E-state index is 13.8. The predicted molar refractivity (Wildman–Crippen MR) is 148 cm³/mol. The van der Waals surface area contributed by atoms with Gasteiger partial charge in [0.25, 0.3) is 0 Å². The molecule has 0 amide bonds. The molecule has 1 aliphatic rings. The molecule has 0 bridgehead atoms. The molecule has 208 valence electrons. The van der Waals surface area contributed by atoms with Crippen LogP contribution in [-0.2, 0) is 24.3 Å². The van der Waals surface area contributed by atoms with Crippen molar-refractivity contribution in [1.29, 1.82) is 5.26 Å². The number of hydrogen-bond donors (Lipinski definition) is 1. The van der Waals surface area contributed by atoms with Gasteiger partial charge in [-0.15, -0.1) is 0 Å². The predicted octanol–water partition coefficient (Wildman–Crippen LogP) is 4.25. The van der Waals surface area contributed by atoms with Crippen molar-refractivity contribution in [3.63, 3.8) is 0 Å². The molecule has 0 unspecified atom stereocenters. The summed E-state index contributed by atoms with van der Waals surface area (Å²) in [4.78, 5) is 3.62. The quantitative estimate of drug-likeness (QED) is 0.454. The van der Waals surface area contributed by atoms with Crippen LogP contribution in [0, 0.1) is 11.3 Å². The summed E-state index contributed by atoms with van der Waals surface area (Å²) in [5.74, 6) is 0. The Morgan fingerprint density at radius 1 is 1.21 bits per heavy atom. The van der Waals surface area contributed by atoms with Crippen molar-refractivity contribution in [3.05, 3.63) is 52.1 Å². The minimum absolute atomic E-state index is 0.164. The average Bonchev–Trinajstić information content (AvgIpc) is 3.18. The minimum atomic E-state index is -4.37. The third-order valence-electron chi connectivity index (χ3n) is 7.38. The first-order chi connectivity index (χ1) is 17.3. The van der Waals surface area contributed by atoms with E-state index in [9.17, 15) is 21.9 Å². The molecule has 38 heavy (non-hydrogen) atoms. The van der Waals surface area contributed by atoms with Gasteiger partial charge in [-0.25, -0.2) is 21.8 Å². The Labute approximate surface area is 235 Å². The molecular formula is C24H31Cl2N3O6S2Si. The lowest BCUT2D eigenvalue weighted by atomic mass is 9.97. The summed E-state index contributed by atoms with van der Waals surface area (Å²) < 4.78 is 62.2. The highest BCUT2D eigenvalue weighted by Crippen LogP contribution is 2.43. The number of β-amino-alcohol motifs (C(OH)–C–C–N with tert-alkyl or cyclic N) is 1. The summed E-state index contributed by atoms with van der Waals surface area (Å²) in [6, 6.07) is 8.16. The van der Waals surface area contributed by atoms with Gasteiger partial charge in [-0.1, -0.05) is 44.0 Å². The van der Waals surface area contributed by atoms with Crippen LogP contribution in [-0.4, -0.2) is 69.6 Å². The smallest absolute Gasteiger partial charge is 0.244 e. The van der Waals surface area contributed by atoms with E-state index in [1.165, 1.54) is 36.5 Å². The number of aromatic nitrogens is 1. The number of halogens is 2. The molecule has 1 N–H and O–H groups in total. The first-order valence-electron chi connectivity index (χ1n) is 11.7. The monoisotopic (exact) mass is 619 g/mol. The van der Waals surface area contributed by atoms with E-state index in [2.05, 4.69) is 4.98 Å². The minimum Gasteiger partial charge on any atom is -0.411 e. The van der Waals surface area contributed by atoms with Crippen LogP contribution in [0.5, 0.6) is 0 Å². The molecular weight excluding hydrogens is 589 g/mol. The van der Waals surface area contributed by atoms with Crippen LogP contribution >= 0.6 is 23.2 Å². The highest BCUT2D eigenvalue weighted by Gasteiger charge is 2.59. The molecule has 14 heteroatoms. The van der Waals surface area contributed by atoms with Crippen molar-refractivity contribution in [2.75, 3.05) is 13.1 Å². The molecule has 2 aromatic rings. The normalized spacial score (nSPS) is 22.3. The number of benzene rings is 1. The van der Waals surface area contributed by atoms with Crippen LogP contribution < -0.4 is 0 Å². The Morgan fingerprint density at radius 2 is 1.84 bits per heavy atom. The number of nitrogens with zero attached hydrogens (tertiary/aromatic N) is 3. The van der Waals surface area contributed by atoms with E-state index in [-0.39, 0.29) is 30.6 Å². The van der Waals surface area contributed by atoms with E-state index in [0.29, 0.717) is 0 Å². The first kappa shape index (κ1) is 31.0. The zero-order chi connectivity index (χ0) is 28.9. The Balaban J connectivity index is 2.13. The van der Waals surface area contributed by atoms with Crippen molar-refractivity contribution in [1.82, 2.24) is 9.29 Å². The molecule has 1 aromatic heterocycles. The van der Waals surface area contributed by atoms with Gasteiger partial charge in [-0.3, -0.25) is 0 Å². The molecule has 1 fully saturated rings. The van der Waals surface area contributed by atoms with Crippen LogP contribution in [0.1, 0.15) is 33.3 Å². The summed E-state index contributed by atoms with van der Waals surface area (Å²) in [5.41, 5.74) is -1.96. The van der Waals surface area contributed by atoms with Crippen molar-refractivity contribution in [2.45, 2.75) is 72.7 Å². The van der Waals surface area contributed by atoms with E-state index < -0.39 is 58.2 Å². The van der Waals surface area contributed by atoms with Crippen LogP contribution in [0.25, 0.3) is 0 Å². The number of nitriles is 1. The molecule has 1 saturated heterocycles. The molecule has 9 nitrogen and oxygen atoms in total. The summed E-state index contributed by atoms with van der Waals surface area (Å²) in [6.45, 7) is 10.4. The first-order valence-corrected chi connectivity index (χ1v) is 18.4. The number of rotatable bonds is 7. The lowest BCUT2D eigenvalue weighted by molar-refractivity contribution is -0.0446. The van der Waals surface area contributed by atoms with E-state index >= 15 is 0 Å². The SMILES string of the molecule is C[C@@H](O[Si](C)(C)C(C)(C)C)[C@@]1(O)CN(S(=O)(=O)c2ccc(C#N)cc2Cl)C[C@H]1S(=O)(=O)c1ccc(Cl)cn1. The topological polar surface area (TPSA) is 138 Å². The fourth-order valence-corrected chi connectivity index (χ4v) is 9.64.